The fourth-order valence-electron chi connectivity index (χ4n) is 2.62. The molecular formula is C21H21FN4O2. The van der Waals surface area contributed by atoms with Gasteiger partial charge in [0.2, 0.25) is 5.91 Å². The Bertz CT molecular complexity index is 1010. The van der Waals surface area contributed by atoms with E-state index in [-0.39, 0.29) is 23.4 Å². The maximum atomic E-state index is 14.0. The average Bonchev–Trinajstić information content (AvgIpc) is 3.05. The number of aromatic nitrogens is 2. The van der Waals surface area contributed by atoms with Crippen LogP contribution in [0.3, 0.4) is 0 Å². The molecule has 3 aromatic rings. The number of amides is 2. The van der Waals surface area contributed by atoms with Gasteiger partial charge < -0.3 is 10.6 Å². The zero-order valence-corrected chi connectivity index (χ0v) is 15.9. The van der Waals surface area contributed by atoms with Crippen LogP contribution in [0.5, 0.6) is 0 Å². The zero-order valence-electron chi connectivity index (χ0n) is 15.9. The minimum atomic E-state index is -0.417. The molecule has 144 valence electrons. The quantitative estimate of drug-likeness (QED) is 0.698. The van der Waals surface area contributed by atoms with Crippen molar-refractivity contribution in [2.75, 3.05) is 10.6 Å². The van der Waals surface area contributed by atoms with E-state index in [1.54, 1.807) is 49.4 Å². The summed E-state index contributed by atoms with van der Waals surface area (Å²) >= 11 is 0. The molecule has 0 unspecified atom stereocenters. The summed E-state index contributed by atoms with van der Waals surface area (Å²) < 4.78 is 15.4. The minimum absolute atomic E-state index is 0.0760. The maximum absolute atomic E-state index is 14.0. The van der Waals surface area contributed by atoms with Crippen LogP contribution in [0.4, 0.5) is 15.8 Å². The summed E-state index contributed by atoms with van der Waals surface area (Å²) in [5.74, 6) is -0.958. The second-order valence-corrected chi connectivity index (χ2v) is 6.68. The third-order valence-corrected chi connectivity index (χ3v) is 4.27. The van der Waals surface area contributed by atoms with Gasteiger partial charge in [0, 0.05) is 17.3 Å². The minimum Gasteiger partial charge on any atom is -0.326 e. The molecule has 0 spiro atoms. The summed E-state index contributed by atoms with van der Waals surface area (Å²) in [6.45, 7) is 5.33. The van der Waals surface area contributed by atoms with Crippen molar-refractivity contribution in [3.8, 4) is 5.69 Å². The fraction of sp³-hybridized carbons (Fsp3) is 0.190. The SMILES string of the molecule is Cc1c(C(=O)Nc2ccc(NC(=O)C(C)C)cc2)cnn1-c1ccccc1F. The molecule has 2 amide bonds. The monoisotopic (exact) mass is 380 g/mol. The lowest BCUT2D eigenvalue weighted by Gasteiger charge is -2.10. The van der Waals surface area contributed by atoms with Gasteiger partial charge in [0.25, 0.3) is 5.91 Å². The Kier molecular flexibility index (Phi) is 5.54. The predicted octanol–water partition coefficient (Wildman–Crippen LogP) is 4.17. The van der Waals surface area contributed by atoms with Gasteiger partial charge in [0.1, 0.15) is 11.5 Å². The van der Waals surface area contributed by atoms with Crippen LogP contribution in [0.25, 0.3) is 5.69 Å². The molecule has 0 aliphatic carbocycles. The van der Waals surface area contributed by atoms with E-state index in [9.17, 15) is 14.0 Å². The molecule has 2 aromatic carbocycles. The Morgan fingerprint density at radius 3 is 2.21 bits per heavy atom. The van der Waals surface area contributed by atoms with Crippen LogP contribution in [0.2, 0.25) is 0 Å². The maximum Gasteiger partial charge on any atom is 0.259 e. The van der Waals surface area contributed by atoms with Gasteiger partial charge >= 0.3 is 0 Å². The molecule has 7 heteroatoms. The lowest BCUT2D eigenvalue weighted by atomic mass is 10.2. The lowest BCUT2D eigenvalue weighted by molar-refractivity contribution is -0.118. The Morgan fingerprint density at radius 1 is 1.00 bits per heavy atom. The summed E-state index contributed by atoms with van der Waals surface area (Å²) in [6.07, 6.45) is 1.41. The first kappa shape index (κ1) is 19.3. The number of rotatable bonds is 5. The van der Waals surface area contributed by atoms with Crippen LogP contribution in [-0.2, 0) is 4.79 Å². The molecule has 0 saturated heterocycles. The highest BCUT2D eigenvalue weighted by Crippen LogP contribution is 2.19. The zero-order chi connectivity index (χ0) is 20.3. The summed E-state index contributed by atoms with van der Waals surface area (Å²) in [6, 6.07) is 13.1. The highest BCUT2D eigenvalue weighted by Gasteiger charge is 2.17. The van der Waals surface area contributed by atoms with Crippen LogP contribution < -0.4 is 10.6 Å². The smallest absolute Gasteiger partial charge is 0.259 e. The van der Waals surface area contributed by atoms with Gasteiger partial charge in [0.05, 0.1) is 17.5 Å². The first-order valence-electron chi connectivity index (χ1n) is 8.88. The topological polar surface area (TPSA) is 76.0 Å². The number of nitrogens with zero attached hydrogens (tertiary/aromatic N) is 2. The number of halogens is 1. The van der Waals surface area contributed by atoms with Crippen molar-refractivity contribution >= 4 is 23.2 Å². The van der Waals surface area contributed by atoms with Crippen molar-refractivity contribution in [1.29, 1.82) is 0 Å². The van der Waals surface area contributed by atoms with Gasteiger partial charge in [-0.15, -0.1) is 0 Å². The molecular weight excluding hydrogens is 359 g/mol. The van der Waals surface area contributed by atoms with Crippen LogP contribution in [0.1, 0.15) is 29.9 Å². The van der Waals surface area contributed by atoms with E-state index < -0.39 is 5.82 Å². The number of carbonyl (C=O) groups excluding carboxylic acids is 2. The molecule has 0 fully saturated rings. The molecule has 2 N–H and O–H groups in total. The first-order chi connectivity index (χ1) is 13.4. The first-order valence-corrected chi connectivity index (χ1v) is 8.88. The Morgan fingerprint density at radius 2 is 1.61 bits per heavy atom. The summed E-state index contributed by atoms with van der Waals surface area (Å²) in [4.78, 5) is 24.3. The van der Waals surface area contributed by atoms with Crippen molar-refractivity contribution in [3.63, 3.8) is 0 Å². The molecule has 6 nitrogen and oxygen atoms in total. The van der Waals surface area contributed by atoms with E-state index in [2.05, 4.69) is 15.7 Å². The van der Waals surface area contributed by atoms with E-state index in [1.807, 2.05) is 13.8 Å². The molecule has 28 heavy (non-hydrogen) atoms. The van der Waals surface area contributed by atoms with Crippen molar-refractivity contribution in [3.05, 3.63) is 71.8 Å². The van der Waals surface area contributed by atoms with E-state index >= 15 is 0 Å². The number of hydrogen-bond donors (Lipinski definition) is 2. The van der Waals surface area contributed by atoms with Crippen molar-refractivity contribution < 1.29 is 14.0 Å². The highest BCUT2D eigenvalue weighted by atomic mass is 19.1. The standard InChI is InChI=1S/C21H21FN4O2/c1-13(2)20(27)24-15-8-10-16(11-9-15)25-21(28)17-12-23-26(14(17)3)19-7-5-4-6-18(19)22/h4-13H,1-3H3,(H,24,27)(H,25,28). The second kappa shape index (κ2) is 8.04. The largest absolute Gasteiger partial charge is 0.326 e. The Balaban J connectivity index is 1.74. The van der Waals surface area contributed by atoms with Crippen molar-refractivity contribution in [1.82, 2.24) is 9.78 Å². The van der Waals surface area contributed by atoms with Gasteiger partial charge in [0.15, 0.2) is 0 Å². The highest BCUT2D eigenvalue weighted by molar-refractivity contribution is 6.05. The van der Waals surface area contributed by atoms with Gasteiger partial charge in [-0.2, -0.15) is 5.10 Å². The van der Waals surface area contributed by atoms with Gasteiger partial charge in [-0.05, 0) is 43.3 Å². The van der Waals surface area contributed by atoms with Crippen LogP contribution in [-0.4, -0.2) is 21.6 Å². The third-order valence-electron chi connectivity index (χ3n) is 4.27. The van der Waals surface area contributed by atoms with Gasteiger partial charge in [-0.3, -0.25) is 9.59 Å². The summed E-state index contributed by atoms with van der Waals surface area (Å²) in [5.41, 5.74) is 2.39. The van der Waals surface area contributed by atoms with Crippen molar-refractivity contribution in [2.24, 2.45) is 5.92 Å². The Hall–Kier alpha value is -3.48. The number of anilines is 2. The van der Waals surface area contributed by atoms with E-state index in [0.29, 0.717) is 22.6 Å². The molecule has 0 radical (unpaired) electrons. The normalized spacial score (nSPS) is 10.8. The summed E-state index contributed by atoms with van der Waals surface area (Å²) in [7, 11) is 0. The van der Waals surface area contributed by atoms with Gasteiger partial charge in [-0.1, -0.05) is 26.0 Å². The number of benzene rings is 2. The van der Waals surface area contributed by atoms with E-state index in [4.69, 9.17) is 0 Å². The predicted molar refractivity (Wildman–Crippen MR) is 106 cm³/mol. The van der Waals surface area contributed by atoms with Crippen molar-refractivity contribution in [2.45, 2.75) is 20.8 Å². The average molecular weight is 380 g/mol. The molecule has 0 aliphatic heterocycles. The van der Waals surface area contributed by atoms with E-state index in [1.165, 1.54) is 16.9 Å². The second-order valence-electron chi connectivity index (χ2n) is 6.68. The molecule has 0 aliphatic rings. The molecule has 3 rings (SSSR count). The fourth-order valence-corrected chi connectivity index (χ4v) is 2.62. The van der Waals surface area contributed by atoms with E-state index in [0.717, 1.165) is 0 Å². The molecule has 0 bridgehead atoms. The van der Waals surface area contributed by atoms with Gasteiger partial charge in [-0.25, -0.2) is 9.07 Å². The number of nitrogens with one attached hydrogen (secondary N) is 2. The van der Waals surface area contributed by atoms with Crippen LogP contribution in [0.15, 0.2) is 54.7 Å². The Labute approximate surface area is 162 Å². The molecule has 1 heterocycles. The number of para-hydroxylation sites is 1. The lowest BCUT2D eigenvalue weighted by Crippen LogP contribution is -2.17. The summed E-state index contributed by atoms with van der Waals surface area (Å²) in [5, 5.41) is 9.71. The third kappa shape index (κ3) is 4.09. The molecule has 0 saturated carbocycles. The van der Waals surface area contributed by atoms with Crippen LogP contribution >= 0.6 is 0 Å². The van der Waals surface area contributed by atoms with Crippen LogP contribution in [0, 0.1) is 18.7 Å². The molecule has 1 aromatic heterocycles. The number of hydrogen-bond acceptors (Lipinski definition) is 3. The molecule has 0 atom stereocenters. The number of carbonyl (C=O) groups is 2.